The average Bonchev–Trinajstić information content (AvgIpc) is 3.40. The molecule has 0 saturated heterocycles. The van der Waals surface area contributed by atoms with E-state index in [9.17, 15) is 4.79 Å². The molecule has 0 fully saturated rings. The van der Waals surface area contributed by atoms with Crippen molar-refractivity contribution in [2.45, 2.75) is 58.3 Å². The number of carbonyl (C=O) groups excluding carboxylic acids is 1. The lowest BCUT2D eigenvalue weighted by atomic mass is 10.1. The Morgan fingerprint density at radius 2 is 1.62 bits per heavy atom. The molecule has 2 aromatic heterocycles. The van der Waals surface area contributed by atoms with Crippen molar-refractivity contribution in [1.82, 2.24) is 4.98 Å². The number of benzene rings is 1. The number of thiophene rings is 1. The molecule has 0 saturated carbocycles. The first-order chi connectivity index (χ1) is 16.7. The van der Waals surface area contributed by atoms with Gasteiger partial charge in [-0.2, -0.15) is 5.11 Å². The maximum absolute atomic E-state index is 11.0. The summed E-state index contributed by atoms with van der Waals surface area (Å²) in [6, 6.07) is 9.64. The molecule has 0 spiro atoms. The van der Waals surface area contributed by atoms with E-state index in [0.717, 1.165) is 51.7 Å². The summed E-state index contributed by atoms with van der Waals surface area (Å²) in [5, 5.41) is 17.8. The molecule has 182 valence electrons. The molecule has 2 heterocycles. The Morgan fingerprint density at radius 1 is 0.912 bits per heavy atom. The maximum atomic E-state index is 11.0. The normalized spacial score (nSPS) is 11.7. The predicted octanol–water partition coefficient (Wildman–Crippen LogP) is 8.55. The lowest BCUT2D eigenvalue weighted by molar-refractivity contribution is -0.143. The van der Waals surface area contributed by atoms with E-state index in [2.05, 4.69) is 25.4 Å². The predicted molar refractivity (Wildman–Crippen MR) is 138 cm³/mol. The van der Waals surface area contributed by atoms with E-state index < -0.39 is 0 Å². The summed E-state index contributed by atoms with van der Waals surface area (Å²) in [6.07, 6.45) is 8.34. The standard InChI is InChI=1S/C24H31N5O3S2/c1-3-22(30)32-16-10-8-6-4-5-7-9-15-31-19-13-11-18(12-14-19)27-28-21-17-20-23(34-21)26-24(33-20)29-25-2/h11-14,17H,3-10,15-16H2,1-2H3. The van der Waals surface area contributed by atoms with Gasteiger partial charge in [-0.1, -0.05) is 61.7 Å². The number of esters is 1. The van der Waals surface area contributed by atoms with Gasteiger partial charge >= 0.3 is 5.97 Å². The van der Waals surface area contributed by atoms with Gasteiger partial charge in [-0.15, -0.1) is 15.3 Å². The molecular weight excluding hydrogens is 470 g/mol. The van der Waals surface area contributed by atoms with Gasteiger partial charge in [-0.05, 0) is 43.2 Å². The van der Waals surface area contributed by atoms with Crippen LogP contribution < -0.4 is 4.74 Å². The van der Waals surface area contributed by atoms with Crippen molar-refractivity contribution < 1.29 is 14.3 Å². The van der Waals surface area contributed by atoms with Crippen molar-refractivity contribution in [3.05, 3.63) is 30.3 Å². The number of fused-ring (bicyclic) bond motifs is 1. The number of hydrogen-bond acceptors (Lipinski definition) is 10. The molecular formula is C24H31N5O3S2. The second-order valence-corrected chi connectivity index (χ2v) is 9.66. The lowest BCUT2D eigenvalue weighted by Gasteiger charge is -2.06. The van der Waals surface area contributed by atoms with E-state index in [-0.39, 0.29) is 5.97 Å². The molecule has 34 heavy (non-hydrogen) atoms. The molecule has 0 N–H and O–H groups in total. The van der Waals surface area contributed by atoms with E-state index >= 15 is 0 Å². The minimum Gasteiger partial charge on any atom is -0.494 e. The van der Waals surface area contributed by atoms with Crippen LogP contribution in [0.5, 0.6) is 5.75 Å². The molecule has 0 aliphatic heterocycles. The van der Waals surface area contributed by atoms with Gasteiger partial charge in [0.2, 0.25) is 5.13 Å². The van der Waals surface area contributed by atoms with Gasteiger partial charge in [0, 0.05) is 13.5 Å². The van der Waals surface area contributed by atoms with Crippen LogP contribution in [-0.4, -0.2) is 31.2 Å². The molecule has 1 aromatic carbocycles. The maximum Gasteiger partial charge on any atom is 0.305 e. The molecule has 8 nitrogen and oxygen atoms in total. The Hall–Kier alpha value is -2.72. The van der Waals surface area contributed by atoms with Gasteiger partial charge < -0.3 is 9.47 Å². The van der Waals surface area contributed by atoms with Crippen LogP contribution in [0.3, 0.4) is 0 Å². The van der Waals surface area contributed by atoms with E-state index in [1.165, 1.54) is 41.9 Å². The lowest BCUT2D eigenvalue weighted by Crippen LogP contribution is -2.03. The van der Waals surface area contributed by atoms with Crippen LogP contribution in [0.1, 0.15) is 58.3 Å². The fourth-order valence-corrected chi connectivity index (χ4v) is 5.06. The Morgan fingerprint density at radius 3 is 2.29 bits per heavy atom. The average molecular weight is 502 g/mol. The van der Waals surface area contributed by atoms with Crippen LogP contribution in [0.15, 0.2) is 50.8 Å². The van der Waals surface area contributed by atoms with Gasteiger partial charge in [0.25, 0.3) is 0 Å². The zero-order valence-corrected chi connectivity index (χ0v) is 21.4. The van der Waals surface area contributed by atoms with Gasteiger partial charge in [-0.3, -0.25) is 4.79 Å². The third-order valence-corrected chi connectivity index (χ3v) is 6.89. The van der Waals surface area contributed by atoms with Gasteiger partial charge in [0.1, 0.15) is 15.6 Å². The van der Waals surface area contributed by atoms with Crippen molar-refractivity contribution in [2.24, 2.45) is 20.5 Å². The monoisotopic (exact) mass is 501 g/mol. The molecule has 0 aliphatic rings. The third-order valence-electron chi connectivity index (χ3n) is 4.96. The fraction of sp³-hybridized carbons (Fsp3) is 0.500. The molecule has 10 heteroatoms. The van der Waals surface area contributed by atoms with Crippen LogP contribution >= 0.6 is 22.7 Å². The number of carbonyl (C=O) groups is 1. The molecule has 0 bridgehead atoms. The first-order valence-electron chi connectivity index (χ1n) is 11.7. The second-order valence-electron chi connectivity index (χ2n) is 7.64. The molecule has 0 atom stereocenters. The Bertz CT molecular complexity index is 1040. The molecule has 0 unspecified atom stereocenters. The molecule has 3 aromatic rings. The number of hydrogen-bond donors (Lipinski definition) is 0. The Labute approximate surface area is 208 Å². The highest BCUT2D eigenvalue weighted by Gasteiger charge is 2.08. The minimum atomic E-state index is -0.106. The summed E-state index contributed by atoms with van der Waals surface area (Å²) >= 11 is 2.98. The number of nitrogens with zero attached hydrogens (tertiary/aromatic N) is 5. The molecule has 3 rings (SSSR count). The summed E-state index contributed by atoms with van der Waals surface area (Å²) in [4.78, 5) is 16.4. The largest absolute Gasteiger partial charge is 0.494 e. The van der Waals surface area contributed by atoms with Gasteiger partial charge in [0.15, 0.2) is 0 Å². The van der Waals surface area contributed by atoms with Crippen LogP contribution in [0, 0.1) is 0 Å². The molecule has 0 aliphatic carbocycles. The van der Waals surface area contributed by atoms with Crippen molar-refractivity contribution in [1.29, 1.82) is 0 Å². The summed E-state index contributed by atoms with van der Waals surface area (Å²) in [6.45, 7) is 3.09. The minimum absolute atomic E-state index is 0.106. The van der Waals surface area contributed by atoms with E-state index in [1.54, 1.807) is 7.05 Å². The van der Waals surface area contributed by atoms with E-state index in [4.69, 9.17) is 9.47 Å². The van der Waals surface area contributed by atoms with Crippen LogP contribution in [-0.2, 0) is 9.53 Å². The number of ether oxygens (including phenoxy) is 2. The van der Waals surface area contributed by atoms with Crippen LogP contribution in [0.25, 0.3) is 9.53 Å². The zero-order chi connectivity index (χ0) is 24.0. The molecule has 0 radical (unpaired) electrons. The zero-order valence-electron chi connectivity index (χ0n) is 19.7. The third kappa shape index (κ3) is 8.90. The highest BCUT2D eigenvalue weighted by atomic mass is 32.1. The topological polar surface area (TPSA) is 97.9 Å². The van der Waals surface area contributed by atoms with Crippen LogP contribution in [0.2, 0.25) is 0 Å². The summed E-state index contributed by atoms with van der Waals surface area (Å²) in [5.74, 6) is 0.740. The Kier molecular flexibility index (Phi) is 11.1. The Balaban J connectivity index is 1.27. The number of thiazole rings is 1. The second kappa shape index (κ2) is 14.5. The van der Waals surface area contributed by atoms with Crippen molar-refractivity contribution in [2.75, 3.05) is 20.3 Å². The summed E-state index contributed by atoms with van der Waals surface area (Å²) < 4.78 is 12.0. The fourth-order valence-electron chi connectivity index (χ4n) is 3.17. The smallest absolute Gasteiger partial charge is 0.305 e. The van der Waals surface area contributed by atoms with Crippen molar-refractivity contribution in [3.63, 3.8) is 0 Å². The van der Waals surface area contributed by atoms with Gasteiger partial charge in [-0.25, -0.2) is 4.98 Å². The quantitative estimate of drug-likeness (QED) is 0.118. The summed E-state index contributed by atoms with van der Waals surface area (Å²) in [5.41, 5.74) is 0.780. The number of aromatic nitrogens is 1. The van der Waals surface area contributed by atoms with Gasteiger partial charge in [0.05, 0.1) is 23.6 Å². The van der Waals surface area contributed by atoms with E-state index in [1.807, 2.05) is 37.3 Å². The van der Waals surface area contributed by atoms with Crippen LogP contribution in [0.4, 0.5) is 15.8 Å². The van der Waals surface area contributed by atoms with E-state index in [0.29, 0.717) is 24.8 Å². The number of azo groups is 2. The number of unbranched alkanes of at least 4 members (excludes halogenated alkanes) is 6. The SMILES string of the molecule is CCC(=O)OCCCCCCCCCOc1ccc(N=Nc2cc3sc(N=NC)nc3s2)cc1. The highest BCUT2D eigenvalue weighted by molar-refractivity contribution is 7.30. The highest BCUT2D eigenvalue weighted by Crippen LogP contribution is 2.38. The number of rotatable bonds is 15. The van der Waals surface area contributed by atoms with Crippen molar-refractivity contribution in [3.8, 4) is 5.75 Å². The van der Waals surface area contributed by atoms with Crippen molar-refractivity contribution >= 4 is 54.0 Å². The molecule has 0 amide bonds. The summed E-state index contributed by atoms with van der Waals surface area (Å²) in [7, 11) is 1.63. The first kappa shape index (κ1) is 25.9. The first-order valence-corrected chi connectivity index (χ1v) is 13.3.